The van der Waals surface area contributed by atoms with Crippen molar-refractivity contribution in [3.05, 3.63) is 52.3 Å². The van der Waals surface area contributed by atoms with Gasteiger partial charge in [-0.2, -0.15) is 0 Å². The van der Waals surface area contributed by atoms with Gasteiger partial charge in [-0.3, -0.25) is 4.79 Å². The van der Waals surface area contributed by atoms with Crippen LogP contribution in [0.15, 0.2) is 46.0 Å². The van der Waals surface area contributed by atoms with Crippen molar-refractivity contribution in [3.8, 4) is 9.88 Å². The number of hydrogen-bond acceptors (Lipinski definition) is 7. The molecule has 3 aromatic rings. The van der Waals surface area contributed by atoms with Gasteiger partial charge in [0.05, 0.1) is 27.1 Å². The van der Waals surface area contributed by atoms with Gasteiger partial charge in [0.2, 0.25) is 5.91 Å². The van der Waals surface area contributed by atoms with Crippen LogP contribution in [0.4, 0.5) is 5.69 Å². The van der Waals surface area contributed by atoms with E-state index in [0.29, 0.717) is 11.3 Å². The van der Waals surface area contributed by atoms with Gasteiger partial charge in [-0.25, -0.2) is 9.78 Å². The normalized spacial score (nSPS) is 16.0. The molecular formula is C18H14N2O3S3. The monoisotopic (exact) mass is 402 g/mol. The molecule has 1 atom stereocenters. The molecule has 1 aliphatic rings. The molecule has 26 heavy (non-hydrogen) atoms. The third-order valence-electron chi connectivity index (χ3n) is 3.78. The fourth-order valence-electron chi connectivity index (χ4n) is 2.45. The fourth-order valence-corrected chi connectivity index (χ4v) is 4.99. The third-order valence-corrected chi connectivity index (χ3v) is 6.89. The molecule has 0 radical (unpaired) electrons. The molecule has 8 heteroatoms. The van der Waals surface area contributed by atoms with Gasteiger partial charge in [-0.15, -0.1) is 34.4 Å². The minimum atomic E-state index is -0.434. The Morgan fingerprint density at radius 1 is 1.31 bits per heavy atom. The standard InChI is InChI=1S/C18H14N2O3S3/c1-10-16(21)20-13-7-11(4-5-14(13)26-10)18(22)23-8-12-9-25-17(19-12)15-3-2-6-24-15/h2-7,9-10H,8H2,1H3,(H,20,21). The molecule has 1 amide bonds. The van der Waals surface area contributed by atoms with Crippen LogP contribution in [0.5, 0.6) is 0 Å². The van der Waals surface area contributed by atoms with Crippen LogP contribution in [-0.4, -0.2) is 22.1 Å². The quantitative estimate of drug-likeness (QED) is 0.643. The van der Waals surface area contributed by atoms with E-state index in [4.69, 9.17) is 4.74 Å². The van der Waals surface area contributed by atoms with Crippen molar-refractivity contribution in [1.29, 1.82) is 0 Å². The minimum Gasteiger partial charge on any atom is -0.456 e. The van der Waals surface area contributed by atoms with E-state index in [1.807, 2.05) is 35.9 Å². The lowest BCUT2D eigenvalue weighted by Crippen LogP contribution is -2.26. The zero-order valence-electron chi connectivity index (χ0n) is 13.7. The molecule has 0 spiro atoms. The van der Waals surface area contributed by atoms with Crippen LogP contribution < -0.4 is 5.32 Å². The maximum Gasteiger partial charge on any atom is 0.338 e. The Kier molecular flexibility index (Phi) is 4.80. The maximum atomic E-state index is 12.3. The number of benzene rings is 1. The predicted octanol–water partition coefficient (Wildman–Crippen LogP) is 4.66. The van der Waals surface area contributed by atoms with E-state index >= 15 is 0 Å². The molecule has 0 bridgehead atoms. The van der Waals surface area contributed by atoms with Crippen molar-refractivity contribution in [2.45, 2.75) is 23.7 Å². The zero-order valence-corrected chi connectivity index (χ0v) is 16.2. The van der Waals surface area contributed by atoms with Gasteiger partial charge in [-0.1, -0.05) is 6.07 Å². The summed E-state index contributed by atoms with van der Waals surface area (Å²) >= 11 is 4.64. The molecule has 2 aromatic heterocycles. The number of thiophene rings is 1. The van der Waals surface area contributed by atoms with Crippen LogP contribution in [-0.2, 0) is 16.1 Å². The Labute approximate surface area is 162 Å². The summed E-state index contributed by atoms with van der Waals surface area (Å²) in [7, 11) is 0. The van der Waals surface area contributed by atoms with Crippen LogP contribution >= 0.6 is 34.4 Å². The van der Waals surface area contributed by atoms with Crippen LogP contribution in [0.2, 0.25) is 0 Å². The number of nitrogens with one attached hydrogen (secondary N) is 1. The Bertz CT molecular complexity index is 966. The highest BCUT2D eigenvalue weighted by Crippen LogP contribution is 2.36. The Morgan fingerprint density at radius 2 is 2.19 bits per heavy atom. The summed E-state index contributed by atoms with van der Waals surface area (Å²) in [6.07, 6.45) is 0. The molecule has 1 aromatic carbocycles. The van der Waals surface area contributed by atoms with E-state index in [2.05, 4.69) is 10.3 Å². The first-order valence-corrected chi connectivity index (χ1v) is 10.5. The number of ether oxygens (including phenoxy) is 1. The SMILES string of the molecule is CC1Sc2ccc(C(=O)OCc3csc(-c4cccs4)n3)cc2NC1=O. The molecule has 3 heterocycles. The number of carbonyl (C=O) groups excluding carboxylic acids is 2. The average Bonchev–Trinajstić information content (AvgIpc) is 3.31. The lowest BCUT2D eigenvalue weighted by Gasteiger charge is -2.21. The van der Waals surface area contributed by atoms with Gasteiger partial charge in [0, 0.05) is 10.3 Å². The second kappa shape index (κ2) is 7.22. The largest absolute Gasteiger partial charge is 0.456 e. The molecule has 0 saturated heterocycles. The fraction of sp³-hybridized carbons (Fsp3) is 0.167. The van der Waals surface area contributed by atoms with Crippen LogP contribution in [0.3, 0.4) is 0 Å². The molecule has 5 nitrogen and oxygen atoms in total. The van der Waals surface area contributed by atoms with Crippen molar-refractivity contribution < 1.29 is 14.3 Å². The highest BCUT2D eigenvalue weighted by Gasteiger charge is 2.24. The van der Waals surface area contributed by atoms with Gasteiger partial charge >= 0.3 is 5.97 Å². The molecule has 4 rings (SSSR count). The number of carbonyl (C=O) groups is 2. The molecule has 1 unspecified atom stereocenters. The van der Waals surface area contributed by atoms with Crippen LogP contribution in [0.1, 0.15) is 23.0 Å². The number of thiazole rings is 1. The molecule has 0 aliphatic carbocycles. The first kappa shape index (κ1) is 17.3. The summed E-state index contributed by atoms with van der Waals surface area (Å²) in [5.41, 5.74) is 1.79. The van der Waals surface area contributed by atoms with Gasteiger partial charge in [0.15, 0.2) is 0 Å². The summed E-state index contributed by atoms with van der Waals surface area (Å²) in [4.78, 5) is 30.7. The van der Waals surface area contributed by atoms with E-state index < -0.39 is 5.97 Å². The van der Waals surface area contributed by atoms with E-state index in [0.717, 1.165) is 20.5 Å². The van der Waals surface area contributed by atoms with E-state index in [-0.39, 0.29) is 17.8 Å². The Hall–Kier alpha value is -2.16. The Morgan fingerprint density at radius 3 is 3.00 bits per heavy atom. The van der Waals surface area contributed by atoms with Crippen molar-refractivity contribution in [2.24, 2.45) is 0 Å². The van der Waals surface area contributed by atoms with Gasteiger partial charge < -0.3 is 10.1 Å². The van der Waals surface area contributed by atoms with Crippen LogP contribution in [0, 0.1) is 0 Å². The smallest absolute Gasteiger partial charge is 0.338 e. The molecule has 0 saturated carbocycles. The summed E-state index contributed by atoms with van der Waals surface area (Å²) in [5.74, 6) is -0.493. The van der Waals surface area contributed by atoms with Crippen molar-refractivity contribution in [1.82, 2.24) is 4.98 Å². The van der Waals surface area contributed by atoms with Crippen LogP contribution in [0.25, 0.3) is 9.88 Å². The summed E-state index contributed by atoms with van der Waals surface area (Å²) in [5, 5.41) is 7.51. The maximum absolute atomic E-state index is 12.3. The highest BCUT2D eigenvalue weighted by molar-refractivity contribution is 8.00. The molecule has 1 N–H and O–H groups in total. The summed E-state index contributed by atoms with van der Waals surface area (Å²) in [6.45, 7) is 1.97. The van der Waals surface area contributed by atoms with Crippen molar-refractivity contribution in [2.75, 3.05) is 5.32 Å². The number of hydrogen-bond donors (Lipinski definition) is 1. The number of rotatable bonds is 4. The molecule has 132 valence electrons. The second-order valence-corrected chi connectivity index (χ2v) is 8.85. The second-order valence-electron chi connectivity index (χ2n) is 5.66. The highest BCUT2D eigenvalue weighted by atomic mass is 32.2. The predicted molar refractivity (Wildman–Crippen MR) is 105 cm³/mol. The minimum absolute atomic E-state index is 0.0587. The lowest BCUT2D eigenvalue weighted by atomic mass is 10.2. The Balaban J connectivity index is 1.43. The third kappa shape index (κ3) is 3.53. The van der Waals surface area contributed by atoms with E-state index in [1.54, 1.807) is 23.5 Å². The van der Waals surface area contributed by atoms with E-state index in [9.17, 15) is 9.59 Å². The first-order valence-electron chi connectivity index (χ1n) is 7.87. The molecule has 0 fully saturated rings. The molecular weight excluding hydrogens is 388 g/mol. The van der Waals surface area contributed by atoms with Gasteiger partial charge in [0.1, 0.15) is 11.6 Å². The lowest BCUT2D eigenvalue weighted by molar-refractivity contribution is -0.115. The summed E-state index contributed by atoms with van der Waals surface area (Å²) in [6, 6.07) is 9.21. The number of fused-ring (bicyclic) bond motifs is 1. The zero-order chi connectivity index (χ0) is 18.1. The average molecular weight is 403 g/mol. The summed E-state index contributed by atoms with van der Waals surface area (Å²) < 4.78 is 5.37. The van der Waals surface area contributed by atoms with Gasteiger partial charge in [0.25, 0.3) is 0 Å². The van der Waals surface area contributed by atoms with Gasteiger partial charge in [-0.05, 0) is 36.6 Å². The van der Waals surface area contributed by atoms with E-state index in [1.165, 1.54) is 23.1 Å². The number of nitrogens with zero attached hydrogens (tertiary/aromatic N) is 1. The number of anilines is 1. The van der Waals surface area contributed by atoms with Crippen molar-refractivity contribution >= 4 is 52.0 Å². The number of amides is 1. The number of thioether (sulfide) groups is 1. The topological polar surface area (TPSA) is 68.3 Å². The van der Waals surface area contributed by atoms with Crippen molar-refractivity contribution in [3.63, 3.8) is 0 Å². The number of esters is 1. The molecule has 1 aliphatic heterocycles. The first-order chi connectivity index (χ1) is 12.6. The number of aromatic nitrogens is 1.